The Morgan fingerprint density at radius 1 is 1.05 bits per heavy atom. The van der Waals surface area contributed by atoms with Crippen LogP contribution in [-0.4, -0.2) is 47.8 Å². The molecular formula is C17H20N2O2S. The molecule has 1 saturated heterocycles. The number of carbonyl (C=O) groups is 2. The van der Waals surface area contributed by atoms with E-state index >= 15 is 0 Å². The lowest BCUT2D eigenvalue weighted by atomic mass is 10.1. The van der Waals surface area contributed by atoms with Gasteiger partial charge in [-0.05, 0) is 6.07 Å². The summed E-state index contributed by atoms with van der Waals surface area (Å²) in [4.78, 5) is 28.4. The fraction of sp³-hybridized carbons (Fsp3) is 0.412. The molecule has 5 heteroatoms. The van der Waals surface area contributed by atoms with Gasteiger partial charge in [0.25, 0.3) is 5.91 Å². The number of hydrogen-bond donors (Lipinski definition) is 0. The summed E-state index contributed by atoms with van der Waals surface area (Å²) in [5.74, 6) is 0.269. The van der Waals surface area contributed by atoms with E-state index < -0.39 is 0 Å². The molecule has 0 bridgehead atoms. The van der Waals surface area contributed by atoms with Crippen LogP contribution in [0.15, 0.2) is 29.6 Å². The SMILES string of the molecule is CC(C)C(=O)N1CCN(C(=O)c2csc3ccccc23)CC1. The van der Waals surface area contributed by atoms with Crippen molar-refractivity contribution in [3.8, 4) is 0 Å². The zero-order chi connectivity index (χ0) is 15.7. The van der Waals surface area contributed by atoms with Gasteiger partial charge in [0.2, 0.25) is 5.91 Å². The number of piperazine rings is 1. The van der Waals surface area contributed by atoms with Crippen LogP contribution in [0, 0.1) is 5.92 Å². The minimum absolute atomic E-state index is 0.0167. The lowest BCUT2D eigenvalue weighted by Crippen LogP contribution is -2.51. The van der Waals surface area contributed by atoms with Crippen LogP contribution in [0.2, 0.25) is 0 Å². The average molecular weight is 316 g/mol. The van der Waals surface area contributed by atoms with E-state index in [0.29, 0.717) is 26.2 Å². The van der Waals surface area contributed by atoms with E-state index in [1.165, 1.54) is 0 Å². The molecule has 0 saturated carbocycles. The van der Waals surface area contributed by atoms with E-state index in [1.54, 1.807) is 11.3 Å². The van der Waals surface area contributed by atoms with Gasteiger partial charge in [-0.25, -0.2) is 0 Å². The zero-order valence-corrected chi connectivity index (χ0v) is 13.7. The average Bonchev–Trinajstić information content (AvgIpc) is 2.97. The Balaban J connectivity index is 1.71. The second kappa shape index (κ2) is 6.08. The molecule has 0 atom stereocenters. The molecule has 2 amide bonds. The third-order valence-corrected chi connectivity index (χ3v) is 5.05. The summed E-state index contributed by atoms with van der Waals surface area (Å²) in [7, 11) is 0. The Bertz CT molecular complexity index is 700. The number of fused-ring (bicyclic) bond motifs is 1. The van der Waals surface area contributed by atoms with Gasteiger partial charge in [-0.2, -0.15) is 0 Å². The van der Waals surface area contributed by atoms with Gasteiger partial charge in [-0.3, -0.25) is 9.59 Å². The smallest absolute Gasteiger partial charge is 0.255 e. The van der Waals surface area contributed by atoms with Crippen LogP contribution < -0.4 is 0 Å². The molecular weight excluding hydrogens is 296 g/mol. The van der Waals surface area contributed by atoms with E-state index in [0.717, 1.165) is 15.6 Å². The van der Waals surface area contributed by atoms with Crippen molar-refractivity contribution in [3.05, 3.63) is 35.2 Å². The van der Waals surface area contributed by atoms with Crippen LogP contribution in [0.5, 0.6) is 0 Å². The molecule has 0 aliphatic carbocycles. The minimum atomic E-state index is 0.0167. The summed E-state index contributed by atoms with van der Waals surface area (Å²) < 4.78 is 1.14. The highest BCUT2D eigenvalue weighted by atomic mass is 32.1. The molecule has 1 aromatic heterocycles. The third kappa shape index (κ3) is 2.73. The van der Waals surface area contributed by atoms with Crippen LogP contribution in [0.4, 0.5) is 0 Å². The van der Waals surface area contributed by atoms with Gasteiger partial charge < -0.3 is 9.80 Å². The Labute approximate surface area is 134 Å². The van der Waals surface area contributed by atoms with Crippen molar-refractivity contribution in [1.29, 1.82) is 0 Å². The van der Waals surface area contributed by atoms with E-state index in [1.807, 2.05) is 53.3 Å². The summed E-state index contributed by atoms with van der Waals surface area (Å²) >= 11 is 1.60. The van der Waals surface area contributed by atoms with E-state index in [2.05, 4.69) is 0 Å². The van der Waals surface area contributed by atoms with Gasteiger partial charge in [0.15, 0.2) is 0 Å². The molecule has 1 aliphatic heterocycles. The number of thiophene rings is 1. The summed E-state index contributed by atoms with van der Waals surface area (Å²) in [5, 5.41) is 2.97. The highest BCUT2D eigenvalue weighted by Crippen LogP contribution is 2.27. The summed E-state index contributed by atoms with van der Waals surface area (Å²) in [6, 6.07) is 7.99. The maximum absolute atomic E-state index is 12.7. The minimum Gasteiger partial charge on any atom is -0.339 e. The largest absolute Gasteiger partial charge is 0.339 e. The number of benzene rings is 1. The number of carbonyl (C=O) groups excluding carboxylic acids is 2. The van der Waals surface area contributed by atoms with Gasteiger partial charge in [-0.15, -0.1) is 11.3 Å². The molecule has 4 nitrogen and oxygen atoms in total. The highest BCUT2D eigenvalue weighted by molar-refractivity contribution is 7.17. The van der Waals surface area contributed by atoms with Crippen molar-refractivity contribution in [2.75, 3.05) is 26.2 Å². The maximum Gasteiger partial charge on any atom is 0.255 e. The highest BCUT2D eigenvalue weighted by Gasteiger charge is 2.26. The molecule has 0 unspecified atom stereocenters. The number of hydrogen-bond acceptors (Lipinski definition) is 3. The Kier molecular flexibility index (Phi) is 4.16. The summed E-state index contributed by atoms with van der Waals surface area (Å²) in [5.41, 5.74) is 0.782. The predicted molar refractivity (Wildman–Crippen MR) is 89.1 cm³/mol. The first kappa shape index (κ1) is 15.0. The summed E-state index contributed by atoms with van der Waals surface area (Å²) in [6.07, 6.45) is 0. The second-order valence-corrected chi connectivity index (χ2v) is 6.83. The van der Waals surface area contributed by atoms with Crippen molar-refractivity contribution < 1.29 is 9.59 Å². The molecule has 1 aromatic carbocycles. The van der Waals surface area contributed by atoms with E-state index in [4.69, 9.17) is 0 Å². The fourth-order valence-corrected chi connectivity index (χ4v) is 3.74. The maximum atomic E-state index is 12.7. The van der Waals surface area contributed by atoms with Gasteiger partial charge in [-0.1, -0.05) is 32.0 Å². The molecule has 0 N–H and O–H groups in total. The summed E-state index contributed by atoms with van der Waals surface area (Å²) in [6.45, 7) is 6.31. The van der Waals surface area contributed by atoms with Crippen molar-refractivity contribution in [2.24, 2.45) is 5.92 Å². The van der Waals surface area contributed by atoms with Crippen molar-refractivity contribution >= 4 is 33.2 Å². The van der Waals surface area contributed by atoms with Crippen molar-refractivity contribution in [1.82, 2.24) is 9.80 Å². The fourth-order valence-electron chi connectivity index (χ4n) is 2.81. The lowest BCUT2D eigenvalue weighted by Gasteiger charge is -2.35. The zero-order valence-electron chi connectivity index (χ0n) is 12.9. The lowest BCUT2D eigenvalue weighted by molar-refractivity contribution is -0.135. The molecule has 2 aromatic rings. The first-order valence-electron chi connectivity index (χ1n) is 7.62. The van der Waals surface area contributed by atoms with E-state index in [9.17, 15) is 9.59 Å². The van der Waals surface area contributed by atoms with Crippen molar-refractivity contribution in [2.45, 2.75) is 13.8 Å². The molecule has 22 heavy (non-hydrogen) atoms. The molecule has 1 fully saturated rings. The molecule has 0 spiro atoms. The van der Waals surface area contributed by atoms with Crippen molar-refractivity contribution in [3.63, 3.8) is 0 Å². The van der Waals surface area contributed by atoms with Gasteiger partial charge in [0.1, 0.15) is 0 Å². The molecule has 0 radical (unpaired) electrons. The van der Waals surface area contributed by atoms with Gasteiger partial charge >= 0.3 is 0 Å². The van der Waals surface area contributed by atoms with Crippen LogP contribution in [0.3, 0.4) is 0 Å². The topological polar surface area (TPSA) is 40.6 Å². The second-order valence-electron chi connectivity index (χ2n) is 5.92. The van der Waals surface area contributed by atoms with Gasteiger partial charge in [0.05, 0.1) is 5.56 Å². The Morgan fingerprint density at radius 3 is 2.36 bits per heavy atom. The first-order valence-corrected chi connectivity index (χ1v) is 8.50. The van der Waals surface area contributed by atoms with Crippen LogP contribution >= 0.6 is 11.3 Å². The standard InChI is InChI=1S/C17H20N2O2S/c1-12(2)16(20)18-7-9-19(10-8-18)17(21)14-11-22-15-6-4-3-5-13(14)15/h3-6,11-12H,7-10H2,1-2H3. The van der Waals surface area contributed by atoms with Crippen LogP contribution in [0.1, 0.15) is 24.2 Å². The normalized spacial score (nSPS) is 15.6. The van der Waals surface area contributed by atoms with Crippen LogP contribution in [0.25, 0.3) is 10.1 Å². The number of nitrogens with zero attached hydrogens (tertiary/aromatic N) is 2. The van der Waals surface area contributed by atoms with E-state index in [-0.39, 0.29) is 17.7 Å². The number of amides is 2. The Morgan fingerprint density at radius 2 is 1.68 bits per heavy atom. The quantitative estimate of drug-likeness (QED) is 0.855. The molecule has 116 valence electrons. The van der Waals surface area contributed by atoms with Gasteiger partial charge in [0, 0.05) is 47.6 Å². The van der Waals surface area contributed by atoms with Crippen LogP contribution in [-0.2, 0) is 4.79 Å². The molecule has 2 heterocycles. The third-order valence-electron chi connectivity index (χ3n) is 4.08. The monoisotopic (exact) mass is 316 g/mol. The molecule has 1 aliphatic rings. The Hall–Kier alpha value is -1.88. The molecule has 3 rings (SSSR count). The number of rotatable bonds is 2. The predicted octanol–water partition coefficient (Wildman–Crippen LogP) is 2.84. The first-order chi connectivity index (χ1) is 10.6.